The number of nitrogens with two attached hydrogens (primary N) is 1. The van der Waals surface area contributed by atoms with E-state index in [0.717, 1.165) is 16.5 Å². The molecule has 17 heavy (non-hydrogen) atoms. The first-order valence-corrected chi connectivity index (χ1v) is 6.97. The molecule has 0 aromatic heterocycles. The summed E-state index contributed by atoms with van der Waals surface area (Å²) in [7, 11) is 0. The zero-order valence-electron chi connectivity index (χ0n) is 10.7. The van der Waals surface area contributed by atoms with Gasteiger partial charge in [-0.2, -0.15) is 0 Å². The Morgan fingerprint density at radius 3 is 2.76 bits per heavy atom. The molecule has 0 bridgehead atoms. The summed E-state index contributed by atoms with van der Waals surface area (Å²) in [5.41, 5.74) is 8.72. The number of hydrogen-bond donors (Lipinski definition) is 1. The minimum absolute atomic E-state index is 0.103. The van der Waals surface area contributed by atoms with Gasteiger partial charge in [-0.25, -0.2) is 0 Å². The van der Waals surface area contributed by atoms with Crippen LogP contribution in [0.25, 0.3) is 0 Å². The van der Waals surface area contributed by atoms with Gasteiger partial charge in [-0.15, -0.1) is 0 Å². The highest BCUT2D eigenvalue weighted by molar-refractivity contribution is 6.31. The van der Waals surface area contributed by atoms with Gasteiger partial charge in [0.05, 0.1) is 0 Å². The van der Waals surface area contributed by atoms with Crippen LogP contribution >= 0.6 is 11.6 Å². The second kappa shape index (κ2) is 5.41. The normalized spacial score (nSPS) is 26.8. The van der Waals surface area contributed by atoms with E-state index in [2.05, 4.69) is 26.0 Å². The van der Waals surface area contributed by atoms with E-state index in [4.69, 9.17) is 17.3 Å². The third-order valence-electron chi connectivity index (χ3n) is 4.00. The smallest absolute Gasteiger partial charge is 0.0456 e. The van der Waals surface area contributed by atoms with Gasteiger partial charge in [0.15, 0.2) is 0 Å². The van der Waals surface area contributed by atoms with E-state index in [1.807, 2.05) is 6.07 Å². The Kier molecular flexibility index (Phi) is 4.11. The lowest BCUT2D eigenvalue weighted by molar-refractivity contribution is 0.248. The van der Waals surface area contributed by atoms with Crippen molar-refractivity contribution in [3.05, 3.63) is 34.3 Å². The molecule has 1 fully saturated rings. The van der Waals surface area contributed by atoms with Crippen LogP contribution in [0.3, 0.4) is 0 Å². The molecule has 0 radical (unpaired) electrons. The number of hydrogen-bond acceptors (Lipinski definition) is 1. The molecule has 1 nitrogen and oxygen atoms in total. The van der Waals surface area contributed by atoms with Crippen LogP contribution in [0.2, 0.25) is 5.02 Å². The van der Waals surface area contributed by atoms with Crippen molar-refractivity contribution in [1.29, 1.82) is 0 Å². The maximum Gasteiger partial charge on any atom is 0.0456 e. The minimum atomic E-state index is 0.103. The molecule has 0 heterocycles. The van der Waals surface area contributed by atoms with Gasteiger partial charge in [-0.1, -0.05) is 43.5 Å². The third-order valence-corrected chi connectivity index (χ3v) is 4.33. The van der Waals surface area contributed by atoms with Crippen LogP contribution in [0.1, 0.15) is 49.8 Å². The number of benzene rings is 1. The molecule has 0 saturated heterocycles. The molecular weight excluding hydrogens is 230 g/mol. The van der Waals surface area contributed by atoms with Gasteiger partial charge in [-0.3, -0.25) is 0 Å². The molecule has 1 aromatic rings. The lowest BCUT2D eigenvalue weighted by atomic mass is 9.77. The minimum Gasteiger partial charge on any atom is -0.324 e. The van der Waals surface area contributed by atoms with Crippen molar-refractivity contribution in [3.8, 4) is 0 Å². The molecule has 94 valence electrons. The van der Waals surface area contributed by atoms with Crippen LogP contribution in [-0.2, 0) is 0 Å². The Balaban J connectivity index is 2.15. The summed E-state index contributed by atoms with van der Waals surface area (Å²) in [5, 5.41) is 0.829. The van der Waals surface area contributed by atoms with Crippen LogP contribution in [0.4, 0.5) is 0 Å². The van der Waals surface area contributed by atoms with Gasteiger partial charge in [0.1, 0.15) is 0 Å². The van der Waals surface area contributed by atoms with E-state index in [-0.39, 0.29) is 6.04 Å². The average molecular weight is 252 g/mol. The van der Waals surface area contributed by atoms with Gasteiger partial charge >= 0.3 is 0 Å². The quantitative estimate of drug-likeness (QED) is 0.824. The summed E-state index contributed by atoms with van der Waals surface area (Å²) in [6, 6.07) is 6.32. The van der Waals surface area contributed by atoms with Gasteiger partial charge in [0.2, 0.25) is 0 Å². The topological polar surface area (TPSA) is 26.0 Å². The Hall–Kier alpha value is -0.530. The van der Waals surface area contributed by atoms with Crippen LogP contribution in [0, 0.1) is 18.8 Å². The average Bonchev–Trinajstić information content (AvgIpc) is 2.28. The molecule has 0 amide bonds. The van der Waals surface area contributed by atoms with Crippen molar-refractivity contribution in [2.45, 2.75) is 45.6 Å². The first-order chi connectivity index (χ1) is 8.08. The Morgan fingerprint density at radius 1 is 1.35 bits per heavy atom. The zero-order chi connectivity index (χ0) is 12.4. The number of aryl methyl sites for hydroxylation is 1. The predicted molar refractivity (Wildman–Crippen MR) is 74.2 cm³/mol. The molecule has 0 spiro atoms. The van der Waals surface area contributed by atoms with Crippen molar-refractivity contribution < 1.29 is 0 Å². The van der Waals surface area contributed by atoms with Crippen LogP contribution in [0.5, 0.6) is 0 Å². The second-order valence-electron chi connectivity index (χ2n) is 5.58. The summed E-state index contributed by atoms with van der Waals surface area (Å²) in [6.45, 7) is 4.39. The molecule has 1 saturated carbocycles. The molecule has 2 N–H and O–H groups in total. The molecule has 1 aliphatic rings. The van der Waals surface area contributed by atoms with Gasteiger partial charge in [0, 0.05) is 11.1 Å². The Labute approximate surface area is 109 Å². The van der Waals surface area contributed by atoms with Gasteiger partial charge in [-0.05, 0) is 48.8 Å². The molecule has 0 aliphatic heterocycles. The monoisotopic (exact) mass is 251 g/mol. The van der Waals surface area contributed by atoms with Crippen molar-refractivity contribution >= 4 is 11.6 Å². The Morgan fingerprint density at radius 2 is 2.12 bits per heavy atom. The fourth-order valence-corrected chi connectivity index (χ4v) is 3.32. The van der Waals surface area contributed by atoms with E-state index in [9.17, 15) is 0 Å². The first kappa shape index (κ1) is 12.9. The lowest BCUT2D eigenvalue weighted by Crippen LogP contribution is -2.26. The van der Waals surface area contributed by atoms with Crippen molar-refractivity contribution in [2.24, 2.45) is 17.6 Å². The first-order valence-electron chi connectivity index (χ1n) is 6.59. The highest BCUT2D eigenvalue weighted by Gasteiger charge is 2.26. The number of halogens is 1. The largest absolute Gasteiger partial charge is 0.324 e. The van der Waals surface area contributed by atoms with Crippen molar-refractivity contribution in [2.75, 3.05) is 0 Å². The van der Waals surface area contributed by atoms with Crippen molar-refractivity contribution in [1.82, 2.24) is 0 Å². The maximum absolute atomic E-state index is 6.40. The summed E-state index contributed by atoms with van der Waals surface area (Å²) in [5.74, 6) is 1.41. The molecular formula is C15H22ClN. The van der Waals surface area contributed by atoms with Crippen LogP contribution < -0.4 is 5.73 Å². The molecule has 2 heteroatoms. The summed E-state index contributed by atoms with van der Waals surface area (Å²) < 4.78 is 0. The molecule has 1 aliphatic carbocycles. The Bertz CT molecular complexity index is 389. The predicted octanol–water partition coefficient (Wildman–Crippen LogP) is 4.47. The molecule has 3 unspecified atom stereocenters. The van der Waals surface area contributed by atoms with Crippen molar-refractivity contribution in [3.63, 3.8) is 0 Å². The molecule has 3 atom stereocenters. The highest BCUT2D eigenvalue weighted by Crippen LogP contribution is 2.37. The summed E-state index contributed by atoms with van der Waals surface area (Å²) in [4.78, 5) is 0. The van der Waals surface area contributed by atoms with E-state index in [0.29, 0.717) is 5.92 Å². The second-order valence-corrected chi connectivity index (χ2v) is 5.99. The third kappa shape index (κ3) is 3.02. The lowest BCUT2D eigenvalue weighted by Gasteiger charge is -2.31. The summed E-state index contributed by atoms with van der Waals surface area (Å²) >= 11 is 6.30. The highest BCUT2D eigenvalue weighted by atomic mass is 35.5. The fourth-order valence-electron chi connectivity index (χ4n) is 2.96. The van der Waals surface area contributed by atoms with E-state index >= 15 is 0 Å². The van der Waals surface area contributed by atoms with Gasteiger partial charge in [0.25, 0.3) is 0 Å². The fraction of sp³-hybridized carbons (Fsp3) is 0.600. The zero-order valence-corrected chi connectivity index (χ0v) is 11.5. The maximum atomic E-state index is 6.40. The molecule has 2 rings (SSSR count). The molecule has 1 aromatic carbocycles. The van der Waals surface area contributed by atoms with Crippen LogP contribution in [-0.4, -0.2) is 0 Å². The SMILES string of the molecule is Cc1ccc(C(N)C2CCCC(C)C2)c(Cl)c1. The van der Waals surface area contributed by atoms with E-state index in [1.165, 1.54) is 31.2 Å². The number of rotatable bonds is 2. The van der Waals surface area contributed by atoms with Crippen LogP contribution in [0.15, 0.2) is 18.2 Å². The van der Waals surface area contributed by atoms with Gasteiger partial charge < -0.3 is 5.73 Å². The van der Waals surface area contributed by atoms with E-state index < -0.39 is 0 Å². The summed E-state index contributed by atoms with van der Waals surface area (Å²) in [6.07, 6.45) is 5.15. The standard InChI is InChI=1S/C15H22ClN/c1-10-4-3-5-12(8-10)15(17)13-7-6-11(2)9-14(13)16/h6-7,9-10,12,15H,3-5,8,17H2,1-2H3. The van der Waals surface area contributed by atoms with E-state index in [1.54, 1.807) is 0 Å².